The molecular weight excluding hydrogens is 467 g/mol. The highest BCUT2D eigenvalue weighted by Crippen LogP contribution is 2.27. The van der Waals surface area contributed by atoms with E-state index in [9.17, 15) is 19.2 Å². The number of esters is 1. The van der Waals surface area contributed by atoms with E-state index in [2.05, 4.69) is 15.9 Å². The van der Waals surface area contributed by atoms with Gasteiger partial charge in [-0.3, -0.25) is 9.36 Å². The number of ether oxygens (including phenoxy) is 2. The van der Waals surface area contributed by atoms with Crippen LogP contribution in [0.5, 0.6) is 5.75 Å². The second kappa shape index (κ2) is 9.14. The van der Waals surface area contributed by atoms with E-state index in [-0.39, 0.29) is 28.0 Å². The summed E-state index contributed by atoms with van der Waals surface area (Å²) >= 11 is 3.29. The lowest BCUT2D eigenvalue weighted by atomic mass is 10.1. The van der Waals surface area contributed by atoms with Crippen LogP contribution in [0.3, 0.4) is 0 Å². The van der Waals surface area contributed by atoms with Crippen molar-refractivity contribution in [3.63, 3.8) is 0 Å². The normalized spacial score (nSPS) is 10.5. The van der Waals surface area contributed by atoms with Gasteiger partial charge in [-0.25, -0.2) is 9.18 Å². The van der Waals surface area contributed by atoms with Gasteiger partial charge in [0.1, 0.15) is 22.6 Å². The van der Waals surface area contributed by atoms with E-state index in [0.717, 1.165) is 11.6 Å². The maximum absolute atomic E-state index is 13.3. The third-order valence-corrected chi connectivity index (χ3v) is 5.48. The number of nitriles is 1. The van der Waals surface area contributed by atoms with Crippen LogP contribution in [-0.2, 0) is 11.3 Å². The van der Waals surface area contributed by atoms with Crippen LogP contribution in [0.2, 0.25) is 0 Å². The molecule has 31 heavy (non-hydrogen) atoms. The summed E-state index contributed by atoms with van der Waals surface area (Å²) in [6.45, 7) is 3.56. The standard InChI is InChI=1S/C23H18BrFN2O4/c1-13-4-5-15(23(29)30-3)10-19(13)27-14(2)8-20(21(24)22(27)28)31-12-16-6-7-18(25)9-17(16)11-26/h4-10H,12H2,1-3H3. The molecule has 2 aromatic carbocycles. The number of carbonyl (C=O) groups is 1. The number of hydrogen-bond acceptors (Lipinski definition) is 5. The molecule has 0 atom stereocenters. The van der Waals surface area contributed by atoms with Crippen molar-refractivity contribution in [2.75, 3.05) is 7.11 Å². The zero-order chi connectivity index (χ0) is 22.7. The lowest BCUT2D eigenvalue weighted by molar-refractivity contribution is 0.0600. The van der Waals surface area contributed by atoms with Crippen LogP contribution in [0.1, 0.15) is 32.7 Å². The molecule has 0 unspecified atom stereocenters. The van der Waals surface area contributed by atoms with E-state index in [4.69, 9.17) is 9.47 Å². The Balaban J connectivity index is 2.00. The summed E-state index contributed by atoms with van der Waals surface area (Å²) in [5.74, 6) is -0.725. The SMILES string of the molecule is COC(=O)c1ccc(C)c(-n2c(C)cc(OCc3ccc(F)cc3C#N)c(Br)c2=O)c1. The molecule has 3 rings (SSSR count). The molecule has 0 fully saturated rings. The van der Waals surface area contributed by atoms with Crippen LogP contribution in [-0.4, -0.2) is 17.6 Å². The molecule has 8 heteroatoms. The summed E-state index contributed by atoms with van der Waals surface area (Å²) in [6.07, 6.45) is 0. The summed E-state index contributed by atoms with van der Waals surface area (Å²) in [6, 6.07) is 12.4. The minimum Gasteiger partial charge on any atom is -0.487 e. The van der Waals surface area contributed by atoms with Crippen molar-refractivity contribution in [1.29, 1.82) is 5.26 Å². The number of pyridine rings is 1. The summed E-state index contributed by atoms with van der Waals surface area (Å²) in [7, 11) is 1.29. The molecule has 1 aromatic heterocycles. The Kier molecular flexibility index (Phi) is 6.56. The Morgan fingerprint density at radius 3 is 2.61 bits per heavy atom. The monoisotopic (exact) mass is 484 g/mol. The van der Waals surface area contributed by atoms with Crippen molar-refractivity contribution >= 4 is 21.9 Å². The number of hydrogen-bond donors (Lipinski definition) is 0. The first kappa shape index (κ1) is 22.2. The van der Waals surface area contributed by atoms with Gasteiger partial charge in [-0.15, -0.1) is 0 Å². The fourth-order valence-corrected chi connectivity index (χ4v) is 3.52. The van der Waals surface area contributed by atoms with Crippen molar-refractivity contribution in [3.8, 4) is 17.5 Å². The van der Waals surface area contributed by atoms with E-state index in [0.29, 0.717) is 22.5 Å². The third kappa shape index (κ3) is 4.52. The highest BCUT2D eigenvalue weighted by atomic mass is 79.9. The lowest BCUT2D eigenvalue weighted by Crippen LogP contribution is -2.23. The number of methoxy groups -OCH3 is 1. The van der Waals surface area contributed by atoms with Gasteiger partial charge in [-0.05, 0) is 59.6 Å². The van der Waals surface area contributed by atoms with Crippen molar-refractivity contribution in [2.45, 2.75) is 20.5 Å². The summed E-state index contributed by atoms with van der Waals surface area (Å²) in [5, 5.41) is 9.18. The quantitative estimate of drug-likeness (QED) is 0.494. The predicted octanol–water partition coefficient (Wildman–Crippen LogP) is 4.59. The number of aryl methyl sites for hydroxylation is 2. The van der Waals surface area contributed by atoms with Gasteiger partial charge < -0.3 is 9.47 Å². The Morgan fingerprint density at radius 1 is 1.19 bits per heavy atom. The minimum atomic E-state index is -0.510. The molecule has 3 aromatic rings. The van der Waals surface area contributed by atoms with E-state index in [1.165, 1.54) is 23.8 Å². The second-order valence-electron chi connectivity index (χ2n) is 6.80. The Morgan fingerprint density at radius 2 is 1.94 bits per heavy atom. The lowest BCUT2D eigenvalue weighted by Gasteiger charge is -2.17. The van der Waals surface area contributed by atoms with Crippen LogP contribution >= 0.6 is 15.9 Å². The maximum Gasteiger partial charge on any atom is 0.337 e. The van der Waals surface area contributed by atoms with E-state index >= 15 is 0 Å². The molecule has 1 heterocycles. The highest BCUT2D eigenvalue weighted by molar-refractivity contribution is 9.10. The van der Waals surface area contributed by atoms with Crippen LogP contribution in [0.15, 0.2) is 51.7 Å². The maximum atomic E-state index is 13.3. The zero-order valence-electron chi connectivity index (χ0n) is 17.0. The van der Waals surface area contributed by atoms with Crippen LogP contribution in [0, 0.1) is 31.0 Å². The number of carbonyl (C=O) groups excluding carboxylic acids is 1. The van der Waals surface area contributed by atoms with Gasteiger partial charge in [-0.1, -0.05) is 12.1 Å². The minimum absolute atomic E-state index is 0.0124. The van der Waals surface area contributed by atoms with Crippen LogP contribution in [0.4, 0.5) is 4.39 Å². The molecule has 0 saturated heterocycles. The molecule has 0 radical (unpaired) electrons. The van der Waals surface area contributed by atoms with Crippen molar-refractivity contribution < 1.29 is 18.7 Å². The Hall–Kier alpha value is -3.44. The number of nitrogens with zero attached hydrogens (tertiary/aromatic N) is 2. The molecule has 0 amide bonds. The smallest absolute Gasteiger partial charge is 0.337 e. The van der Waals surface area contributed by atoms with Gasteiger partial charge >= 0.3 is 5.97 Å². The number of halogens is 2. The first-order chi connectivity index (χ1) is 14.8. The number of rotatable bonds is 5. The van der Waals surface area contributed by atoms with Crippen molar-refractivity contribution in [3.05, 3.63) is 91.1 Å². The van der Waals surface area contributed by atoms with E-state index in [1.807, 2.05) is 13.0 Å². The van der Waals surface area contributed by atoms with Crippen LogP contribution in [0.25, 0.3) is 5.69 Å². The summed E-state index contributed by atoms with van der Waals surface area (Å²) in [5.41, 5.74) is 2.53. The molecule has 0 spiro atoms. The van der Waals surface area contributed by atoms with Gasteiger partial charge in [0.25, 0.3) is 5.56 Å². The third-order valence-electron chi connectivity index (χ3n) is 4.75. The molecule has 0 bridgehead atoms. The topological polar surface area (TPSA) is 81.3 Å². The number of aromatic nitrogens is 1. The Bertz CT molecular complexity index is 1280. The highest BCUT2D eigenvalue weighted by Gasteiger charge is 2.17. The van der Waals surface area contributed by atoms with Gasteiger partial charge in [0.2, 0.25) is 0 Å². The van der Waals surface area contributed by atoms with Gasteiger partial charge in [0.15, 0.2) is 0 Å². The first-order valence-electron chi connectivity index (χ1n) is 9.19. The molecule has 6 nitrogen and oxygen atoms in total. The fraction of sp³-hybridized carbons (Fsp3) is 0.174. The summed E-state index contributed by atoms with van der Waals surface area (Å²) < 4.78 is 25.5. The molecule has 158 valence electrons. The predicted molar refractivity (Wildman–Crippen MR) is 116 cm³/mol. The molecule has 0 saturated carbocycles. The van der Waals surface area contributed by atoms with Crippen molar-refractivity contribution in [1.82, 2.24) is 4.57 Å². The van der Waals surface area contributed by atoms with Crippen molar-refractivity contribution in [2.24, 2.45) is 0 Å². The average Bonchev–Trinajstić information content (AvgIpc) is 2.76. The largest absolute Gasteiger partial charge is 0.487 e. The second-order valence-corrected chi connectivity index (χ2v) is 7.59. The fourth-order valence-electron chi connectivity index (χ4n) is 3.12. The van der Waals surface area contributed by atoms with E-state index < -0.39 is 11.8 Å². The van der Waals surface area contributed by atoms with E-state index in [1.54, 1.807) is 31.2 Å². The molecule has 0 aliphatic rings. The molecular formula is C23H18BrFN2O4. The molecule has 0 N–H and O–H groups in total. The first-order valence-corrected chi connectivity index (χ1v) is 9.99. The average molecular weight is 485 g/mol. The van der Waals surface area contributed by atoms with Gasteiger partial charge in [-0.2, -0.15) is 5.26 Å². The molecule has 0 aliphatic heterocycles. The van der Waals surface area contributed by atoms with Crippen LogP contribution < -0.4 is 10.3 Å². The van der Waals surface area contributed by atoms with Gasteiger partial charge in [0.05, 0.1) is 30.0 Å². The number of benzene rings is 2. The van der Waals surface area contributed by atoms with Gasteiger partial charge in [0, 0.05) is 17.3 Å². The summed E-state index contributed by atoms with van der Waals surface area (Å²) in [4.78, 5) is 25.0. The zero-order valence-corrected chi connectivity index (χ0v) is 18.6. The molecule has 0 aliphatic carbocycles. The Labute approximate surface area is 186 Å².